The number of nitrogens with one attached hydrogen (secondary N) is 2. The smallest absolute Gasteiger partial charge is 0.175 e. The number of benzene rings is 2. The van der Waals surface area contributed by atoms with Gasteiger partial charge in [0.05, 0.1) is 10.4 Å². The number of aromatic nitrogens is 2. The summed E-state index contributed by atoms with van der Waals surface area (Å²) < 4.78 is 23.8. The first-order valence-electron chi connectivity index (χ1n) is 9.17. The van der Waals surface area contributed by atoms with Crippen LogP contribution in [0.15, 0.2) is 59.8 Å². The van der Waals surface area contributed by atoms with Crippen LogP contribution in [0.1, 0.15) is 32.4 Å². The maximum absolute atomic E-state index is 11.9. The van der Waals surface area contributed by atoms with Gasteiger partial charge in [-0.1, -0.05) is 30.3 Å². The molecule has 0 fully saturated rings. The summed E-state index contributed by atoms with van der Waals surface area (Å²) in [6.07, 6.45) is 2.68. The number of hydrogen-bond acceptors (Lipinski definition) is 6. The summed E-state index contributed by atoms with van der Waals surface area (Å²) in [5.41, 5.74) is 1.70. The lowest BCUT2D eigenvalue weighted by atomic mass is 10.0. The molecule has 1 unspecified atom stereocenters. The molecule has 6 nitrogen and oxygen atoms in total. The minimum Gasteiger partial charge on any atom is -0.368 e. The molecule has 2 N–H and O–H groups in total. The van der Waals surface area contributed by atoms with Crippen molar-refractivity contribution < 1.29 is 8.42 Å². The fraction of sp³-hybridized carbons (Fsp3) is 0.333. The molecular formula is C21H26N4O2S. The average Bonchev–Trinajstić information content (AvgIpc) is 2.65. The van der Waals surface area contributed by atoms with Gasteiger partial charge in [0.15, 0.2) is 9.84 Å². The van der Waals surface area contributed by atoms with Crippen LogP contribution in [0.2, 0.25) is 0 Å². The van der Waals surface area contributed by atoms with Crippen LogP contribution in [0.3, 0.4) is 0 Å². The number of nitrogens with zero attached hydrogens (tertiary/aromatic N) is 2. The molecule has 0 saturated heterocycles. The summed E-state index contributed by atoms with van der Waals surface area (Å²) in [5.74, 6) is 0.623. The van der Waals surface area contributed by atoms with Crippen molar-refractivity contribution in [2.45, 2.75) is 37.2 Å². The Balaban J connectivity index is 1.78. The maximum Gasteiger partial charge on any atom is 0.175 e. The molecule has 1 aromatic heterocycles. The highest BCUT2D eigenvalue weighted by atomic mass is 32.2. The highest BCUT2D eigenvalue weighted by Crippen LogP contribution is 2.24. The van der Waals surface area contributed by atoms with Crippen LogP contribution < -0.4 is 10.6 Å². The first kappa shape index (κ1) is 20.2. The van der Waals surface area contributed by atoms with E-state index in [1.807, 2.05) is 18.2 Å². The Hall–Kier alpha value is -2.51. The van der Waals surface area contributed by atoms with E-state index in [1.54, 1.807) is 18.2 Å². The monoisotopic (exact) mass is 398 g/mol. The Labute approximate surface area is 166 Å². The second-order valence-electron chi connectivity index (χ2n) is 7.69. The SMILES string of the molecule is CC(NC(C)(C)CNc1ncnc2ccc(S(C)(=O)=O)cc12)c1ccccc1. The highest BCUT2D eigenvalue weighted by molar-refractivity contribution is 7.90. The van der Waals surface area contributed by atoms with Crippen LogP contribution in [0, 0.1) is 0 Å². The van der Waals surface area contributed by atoms with Crippen molar-refractivity contribution in [2.75, 3.05) is 18.1 Å². The van der Waals surface area contributed by atoms with Crippen LogP contribution in [0.5, 0.6) is 0 Å². The zero-order valence-corrected chi connectivity index (χ0v) is 17.4. The number of sulfone groups is 1. The van der Waals surface area contributed by atoms with E-state index in [1.165, 1.54) is 18.1 Å². The van der Waals surface area contributed by atoms with Crippen LogP contribution in [0.25, 0.3) is 10.9 Å². The fourth-order valence-corrected chi connectivity index (χ4v) is 3.82. The Morgan fingerprint density at radius 2 is 1.79 bits per heavy atom. The first-order chi connectivity index (χ1) is 13.2. The van der Waals surface area contributed by atoms with Crippen molar-refractivity contribution in [3.8, 4) is 0 Å². The van der Waals surface area contributed by atoms with Crippen LogP contribution in [-0.2, 0) is 9.84 Å². The molecule has 1 atom stereocenters. The third kappa shape index (κ3) is 4.85. The normalized spacial score (nSPS) is 13.4. The summed E-state index contributed by atoms with van der Waals surface area (Å²) in [6, 6.07) is 15.4. The molecule has 0 saturated carbocycles. The Morgan fingerprint density at radius 1 is 1.07 bits per heavy atom. The lowest BCUT2D eigenvalue weighted by Crippen LogP contribution is -2.46. The lowest BCUT2D eigenvalue weighted by molar-refractivity contribution is 0.364. The van der Waals surface area contributed by atoms with Gasteiger partial charge in [-0.3, -0.25) is 0 Å². The molecule has 0 aliphatic heterocycles. The molecule has 148 valence electrons. The van der Waals surface area contributed by atoms with E-state index in [9.17, 15) is 8.42 Å². The van der Waals surface area contributed by atoms with Gasteiger partial charge in [-0.05, 0) is 44.5 Å². The molecule has 1 heterocycles. The average molecular weight is 399 g/mol. The van der Waals surface area contributed by atoms with Crippen LogP contribution in [-0.4, -0.2) is 36.7 Å². The number of fused-ring (bicyclic) bond motifs is 1. The summed E-state index contributed by atoms with van der Waals surface area (Å²) >= 11 is 0. The summed E-state index contributed by atoms with van der Waals surface area (Å²) in [4.78, 5) is 8.82. The third-order valence-corrected chi connectivity index (χ3v) is 5.75. The van der Waals surface area contributed by atoms with Gasteiger partial charge >= 0.3 is 0 Å². The van der Waals surface area contributed by atoms with Gasteiger partial charge in [0.2, 0.25) is 0 Å². The molecular weight excluding hydrogens is 372 g/mol. The number of rotatable bonds is 7. The third-order valence-electron chi connectivity index (χ3n) is 4.64. The van der Waals surface area contributed by atoms with Gasteiger partial charge in [0.1, 0.15) is 12.1 Å². The van der Waals surface area contributed by atoms with E-state index in [2.05, 4.69) is 53.5 Å². The van der Waals surface area contributed by atoms with Crippen LogP contribution >= 0.6 is 0 Å². The topological polar surface area (TPSA) is 84.0 Å². The predicted molar refractivity (Wildman–Crippen MR) is 113 cm³/mol. The number of anilines is 1. The molecule has 0 spiro atoms. The van der Waals surface area contributed by atoms with E-state index in [-0.39, 0.29) is 16.5 Å². The molecule has 3 aromatic rings. The molecule has 3 rings (SSSR count). The van der Waals surface area contributed by atoms with Crippen molar-refractivity contribution in [3.05, 3.63) is 60.4 Å². The summed E-state index contributed by atoms with van der Waals surface area (Å²) in [6.45, 7) is 6.98. The molecule has 0 amide bonds. The Morgan fingerprint density at radius 3 is 2.46 bits per heavy atom. The standard InChI is InChI=1S/C21H26N4O2S/c1-15(16-8-6-5-7-9-16)25-21(2,3)13-22-20-18-12-17(28(4,26)27)10-11-19(18)23-14-24-20/h5-12,14-15,25H,13H2,1-4H3,(H,22,23,24). The van der Waals surface area contributed by atoms with Gasteiger partial charge < -0.3 is 10.6 Å². The minimum absolute atomic E-state index is 0.192. The first-order valence-corrected chi connectivity index (χ1v) is 11.1. The van der Waals surface area contributed by atoms with Gasteiger partial charge in [-0.2, -0.15) is 0 Å². The zero-order valence-electron chi connectivity index (χ0n) is 16.6. The van der Waals surface area contributed by atoms with Crippen molar-refractivity contribution in [3.63, 3.8) is 0 Å². The van der Waals surface area contributed by atoms with Crippen molar-refractivity contribution in [1.29, 1.82) is 0 Å². The lowest BCUT2D eigenvalue weighted by Gasteiger charge is -2.31. The van der Waals surface area contributed by atoms with Gasteiger partial charge in [0.25, 0.3) is 0 Å². The number of hydrogen-bond donors (Lipinski definition) is 2. The molecule has 0 radical (unpaired) electrons. The zero-order chi connectivity index (χ0) is 20.4. The van der Waals surface area contributed by atoms with Crippen LogP contribution in [0.4, 0.5) is 5.82 Å². The van der Waals surface area contributed by atoms with Gasteiger partial charge in [-0.25, -0.2) is 18.4 Å². The largest absolute Gasteiger partial charge is 0.368 e. The Kier molecular flexibility index (Phi) is 5.67. The van der Waals surface area contributed by atoms with E-state index in [0.29, 0.717) is 23.3 Å². The maximum atomic E-state index is 11.9. The fourth-order valence-electron chi connectivity index (χ4n) is 3.17. The molecule has 0 bridgehead atoms. The minimum atomic E-state index is -3.30. The summed E-state index contributed by atoms with van der Waals surface area (Å²) in [7, 11) is -3.30. The second kappa shape index (κ2) is 7.85. The van der Waals surface area contributed by atoms with E-state index in [4.69, 9.17) is 0 Å². The Bertz CT molecular complexity index is 1070. The van der Waals surface area contributed by atoms with E-state index < -0.39 is 9.84 Å². The van der Waals surface area contributed by atoms with E-state index in [0.717, 1.165) is 0 Å². The van der Waals surface area contributed by atoms with Gasteiger partial charge in [-0.15, -0.1) is 0 Å². The quantitative estimate of drug-likeness (QED) is 0.633. The molecule has 7 heteroatoms. The van der Waals surface area contributed by atoms with Crippen molar-refractivity contribution >= 4 is 26.6 Å². The van der Waals surface area contributed by atoms with Crippen molar-refractivity contribution in [2.24, 2.45) is 0 Å². The molecule has 2 aromatic carbocycles. The van der Waals surface area contributed by atoms with Gasteiger partial charge in [0, 0.05) is 29.8 Å². The molecule has 0 aliphatic rings. The molecule has 0 aliphatic carbocycles. The summed E-state index contributed by atoms with van der Waals surface area (Å²) in [5, 5.41) is 7.67. The van der Waals surface area contributed by atoms with Crippen molar-refractivity contribution in [1.82, 2.24) is 15.3 Å². The molecule has 28 heavy (non-hydrogen) atoms. The second-order valence-corrected chi connectivity index (χ2v) is 9.70. The highest BCUT2D eigenvalue weighted by Gasteiger charge is 2.21. The predicted octanol–water partition coefficient (Wildman–Crippen LogP) is 3.57. The van der Waals surface area contributed by atoms with E-state index >= 15 is 0 Å².